The maximum atomic E-state index is 8.58. The van der Waals surface area contributed by atoms with Crippen molar-refractivity contribution in [3.05, 3.63) is 0 Å². The van der Waals surface area contributed by atoms with Crippen LogP contribution in [0, 0.1) is 31.1 Å². The Labute approximate surface area is 110 Å². The topological polar surface area (TPSA) is 184 Å². The summed E-state index contributed by atoms with van der Waals surface area (Å²) in [5.41, 5.74) is 0. The summed E-state index contributed by atoms with van der Waals surface area (Å²) in [5.74, 6) is 0. The zero-order valence-corrected chi connectivity index (χ0v) is 13.1. The van der Waals surface area contributed by atoms with Crippen molar-refractivity contribution in [1.82, 2.24) is 0 Å². The van der Waals surface area contributed by atoms with Gasteiger partial charge < -0.3 is 56.5 Å². The zero-order chi connectivity index (χ0) is 9.00. The summed E-state index contributed by atoms with van der Waals surface area (Å²) in [5, 5.41) is 0. The van der Waals surface area contributed by atoms with Gasteiger partial charge in [0.25, 0.3) is 0 Å². The summed E-state index contributed by atoms with van der Waals surface area (Å²) < 4.78 is 0. The smallest absolute Gasteiger partial charge is 0.894 e. The van der Waals surface area contributed by atoms with Crippen molar-refractivity contribution in [3.63, 3.8) is 0 Å². The minimum atomic E-state index is -5.61. The minimum Gasteiger partial charge on any atom is -0.894 e. The molecule has 12 heteroatoms. The summed E-state index contributed by atoms with van der Waals surface area (Å²) in [4.78, 5) is 68.6. The number of hydrogen-bond acceptors (Lipinski definition) is 8. The van der Waals surface area contributed by atoms with Crippen LogP contribution in [0.2, 0.25) is 0 Å². The Morgan fingerprint density at radius 1 is 0.500 bits per heavy atom. The quantitative estimate of drug-likeness (QED) is 0.328. The van der Waals surface area contributed by atoms with E-state index in [9.17, 15) is 0 Å². The molecule has 8 nitrogen and oxygen atoms in total. The predicted octanol–water partition coefficient (Wildman–Crippen LogP) is -10.7. The van der Waals surface area contributed by atoms with E-state index in [1.54, 1.807) is 0 Å². The summed E-state index contributed by atoms with van der Waals surface area (Å²) >= 11 is 0. The Hall–Kier alpha value is 1.93. The Kier molecular flexibility index (Phi) is 18.7. The largest absolute Gasteiger partial charge is 6.00 e. The molecule has 0 fully saturated rings. The van der Waals surface area contributed by atoms with E-state index in [1.165, 1.54) is 0 Å². The van der Waals surface area contributed by atoms with E-state index in [-0.39, 0.29) is 54.2 Å². The van der Waals surface area contributed by atoms with Crippen molar-refractivity contribution in [2.75, 3.05) is 0 Å². The van der Waals surface area contributed by atoms with Crippen molar-refractivity contribution in [3.8, 4) is 0 Å². The van der Waals surface area contributed by atoms with E-state index >= 15 is 0 Å². The first-order chi connectivity index (χ1) is 4.00. The van der Waals surface area contributed by atoms with Gasteiger partial charge in [-0.2, -0.15) is 0 Å². The van der Waals surface area contributed by atoms with Crippen LogP contribution in [-0.4, -0.2) is 41.1 Å². The second-order valence-corrected chi connectivity index (χ2v) is 3.00. The molecule has 0 bridgehead atoms. The Bertz CT molecular complexity index is 60.0. The molecule has 0 aliphatic carbocycles. The average molecular weight is 446 g/mol. The van der Waals surface area contributed by atoms with Crippen LogP contribution in [0.3, 0.4) is 0 Å². The molecule has 0 aromatic carbocycles. The van der Waals surface area contributed by atoms with E-state index in [1.807, 2.05) is 0 Å². The minimum absolute atomic E-state index is 0. The van der Waals surface area contributed by atoms with Gasteiger partial charge in [-0.1, -0.05) is 0 Å². The van der Waals surface area contributed by atoms with Crippen LogP contribution < -0.4 is 38.4 Å². The van der Waals surface area contributed by atoms with Crippen LogP contribution in [0.25, 0.3) is 0 Å². The predicted molar refractivity (Wildman–Crippen MR) is 17.3 cm³/mol. The first-order valence-electron chi connectivity index (χ1n) is 1.63. The van der Waals surface area contributed by atoms with E-state index in [2.05, 4.69) is 0 Å². The van der Waals surface area contributed by atoms with Gasteiger partial charge in [-0.05, 0) is 0 Å². The van der Waals surface area contributed by atoms with Crippen LogP contribution in [0.15, 0.2) is 0 Å². The molecule has 0 aromatic rings. The van der Waals surface area contributed by atoms with Gasteiger partial charge in [-0.25, -0.2) is 0 Å². The molecule has 0 aromatic heterocycles. The molecule has 0 heterocycles. The molecule has 0 atom stereocenters. The van der Waals surface area contributed by atoms with E-state index in [0.717, 1.165) is 0 Å². The maximum Gasteiger partial charge on any atom is 6.00 e. The Morgan fingerprint density at radius 2 is 0.500 bits per heavy atom. The molecular formula is MgO8Si2U. The molecule has 0 radical (unpaired) electrons. The summed E-state index contributed by atoms with van der Waals surface area (Å²) in [6.45, 7) is 0. The Balaban J connectivity index is -0.0000000457. The third kappa shape index (κ3) is 382. The van der Waals surface area contributed by atoms with Gasteiger partial charge in [-0.15, -0.1) is 0 Å². The summed E-state index contributed by atoms with van der Waals surface area (Å²) in [6.07, 6.45) is 0. The fourth-order valence-corrected chi connectivity index (χ4v) is 0. The molecule has 0 aliphatic rings. The van der Waals surface area contributed by atoms with Gasteiger partial charge in [0, 0.05) is 0 Å². The molecular weight excluding hydrogens is 446 g/mol. The molecule has 62 valence electrons. The fraction of sp³-hybridized carbons (Fsp3) is 0. The first kappa shape index (κ1) is 23.6. The fourth-order valence-electron chi connectivity index (χ4n) is 0. The van der Waals surface area contributed by atoms with Gasteiger partial charge in [0.1, 0.15) is 0 Å². The molecule has 0 unspecified atom stereocenters. The standard InChI is InChI=1S/Mg.2O4Si.U/c;2*1-5(2,3)4;/q+2;2*-4;+6. The zero-order valence-electron chi connectivity index (χ0n) is 5.47. The molecule has 0 saturated heterocycles. The first-order valence-corrected chi connectivity index (χ1v) is 4.90. The monoisotopic (exact) mass is 446 g/mol. The molecule has 12 heavy (non-hydrogen) atoms. The second kappa shape index (κ2) is 9.49. The summed E-state index contributed by atoms with van der Waals surface area (Å²) in [6, 6.07) is 0. The van der Waals surface area contributed by atoms with Crippen molar-refractivity contribution in [1.29, 1.82) is 0 Å². The van der Waals surface area contributed by atoms with Crippen molar-refractivity contribution in [2.24, 2.45) is 0 Å². The molecule has 0 saturated carbocycles. The van der Waals surface area contributed by atoms with Gasteiger partial charge in [0.2, 0.25) is 0 Å². The maximum absolute atomic E-state index is 8.58. The van der Waals surface area contributed by atoms with Crippen LogP contribution in [0.4, 0.5) is 0 Å². The number of hydrogen-bond donors (Lipinski definition) is 0. The molecule has 0 amide bonds. The third-order valence-corrected chi connectivity index (χ3v) is 0. The van der Waals surface area contributed by atoms with Crippen LogP contribution >= 0.6 is 0 Å². The Morgan fingerprint density at radius 3 is 0.500 bits per heavy atom. The van der Waals surface area contributed by atoms with Crippen LogP contribution in [0.1, 0.15) is 0 Å². The average Bonchev–Trinajstić information content (AvgIpc) is 1.12. The molecule has 0 aliphatic heterocycles. The number of rotatable bonds is 0. The SMILES string of the molecule is [Mg+2].[O-][Si]([O-])([O-])[O-].[O-][Si]([O-])([O-])[O-].[U+6]. The van der Waals surface area contributed by atoms with Crippen LogP contribution in [0.5, 0.6) is 0 Å². The van der Waals surface area contributed by atoms with E-state index in [4.69, 9.17) is 38.4 Å². The van der Waals surface area contributed by atoms with Gasteiger partial charge in [0.05, 0.1) is 0 Å². The van der Waals surface area contributed by atoms with Gasteiger partial charge in [-0.3, -0.25) is 0 Å². The molecule has 0 spiro atoms. The third-order valence-electron chi connectivity index (χ3n) is 0. The van der Waals surface area contributed by atoms with Crippen molar-refractivity contribution < 1.29 is 69.5 Å². The van der Waals surface area contributed by atoms with E-state index in [0.29, 0.717) is 0 Å². The summed E-state index contributed by atoms with van der Waals surface area (Å²) in [7, 11) is -11.2. The normalized spacial score (nSPS) is 10.0. The second-order valence-electron chi connectivity index (χ2n) is 1.00. The molecule has 0 rings (SSSR count). The molecule has 0 N–H and O–H groups in total. The van der Waals surface area contributed by atoms with Crippen molar-refractivity contribution in [2.45, 2.75) is 0 Å². The van der Waals surface area contributed by atoms with Gasteiger partial charge in [0.15, 0.2) is 0 Å². The van der Waals surface area contributed by atoms with E-state index < -0.39 is 18.1 Å². The van der Waals surface area contributed by atoms with Crippen molar-refractivity contribution >= 4 is 41.1 Å². The van der Waals surface area contributed by atoms with Gasteiger partial charge >= 0.3 is 54.2 Å². The van der Waals surface area contributed by atoms with Crippen LogP contribution in [-0.2, 0) is 0 Å².